The molecule has 0 saturated heterocycles. The van der Waals surface area contributed by atoms with Crippen molar-refractivity contribution >= 4 is 33.9 Å². The van der Waals surface area contributed by atoms with Gasteiger partial charge in [0, 0.05) is 18.0 Å². The Hall–Kier alpha value is -3.16. The first-order chi connectivity index (χ1) is 13.0. The maximum atomic E-state index is 6.17. The highest BCUT2D eigenvalue weighted by atomic mass is 16.3. The standard InChI is InChI=1S/C19H21N7O/c1-9(2)26-18-15(17(20)23-19(21)24-18)16(25-26)11-5-6-13-12(8-11)22-14(27-13)7-10-3-4-10/h5-6,8-10H,3-4,7H2,1-2H3,(H4,20,21,23,24). The topological polar surface area (TPSA) is 122 Å². The van der Waals surface area contributed by atoms with Crippen LogP contribution in [0.2, 0.25) is 0 Å². The van der Waals surface area contributed by atoms with E-state index in [-0.39, 0.29) is 12.0 Å². The molecular weight excluding hydrogens is 342 g/mol. The fourth-order valence-electron chi connectivity index (χ4n) is 3.42. The van der Waals surface area contributed by atoms with Crippen LogP contribution in [0.4, 0.5) is 11.8 Å². The monoisotopic (exact) mass is 363 g/mol. The van der Waals surface area contributed by atoms with Crippen LogP contribution >= 0.6 is 0 Å². The number of hydrogen-bond donors (Lipinski definition) is 2. The van der Waals surface area contributed by atoms with Gasteiger partial charge >= 0.3 is 0 Å². The van der Waals surface area contributed by atoms with Crippen molar-refractivity contribution in [3.8, 4) is 11.3 Å². The summed E-state index contributed by atoms with van der Waals surface area (Å²) in [6.07, 6.45) is 3.45. The minimum atomic E-state index is 0.107. The number of hydrogen-bond acceptors (Lipinski definition) is 7. The largest absolute Gasteiger partial charge is 0.441 e. The summed E-state index contributed by atoms with van der Waals surface area (Å²) in [6, 6.07) is 5.99. The molecule has 3 aromatic heterocycles. The Morgan fingerprint density at radius 1 is 1.19 bits per heavy atom. The quantitative estimate of drug-likeness (QED) is 0.570. The number of benzene rings is 1. The smallest absolute Gasteiger partial charge is 0.224 e. The van der Waals surface area contributed by atoms with E-state index in [1.54, 1.807) is 0 Å². The third-order valence-corrected chi connectivity index (χ3v) is 4.95. The first-order valence-electron chi connectivity index (χ1n) is 9.20. The van der Waals surface area contributed by atoms with Gasteiger partial charge in [0.25, 0.3) is 0 Å². The van der Waals surface area contributed by atoms with Crippen LogP contribution in [-0.2, 0) is 6.42 Å². The molecule has 4 aromatic rings. The summed E-state index contributed by atoms with van der Waals surface area (Å²) in [5.41, 5.74) is 15.8. The molecule has 3 heterocycles. The van der Waals surface area contributed by atoms with Gasteiger partial charge in [-0.3, -0.25) is 0 Å². The summed E-state index contributed by atoms with van der Waals surface area (Å²) in [5.74, 6) is 2.00. The fraction of sp³-hybridized carbons (Fsp3) is 0.368. The highest BCUT2D eigenvalue weighted by Gasteiger charge is 2.24. The molecule has 1 aliphatic carbocycles. The van der Waals surface area contributed by atoms with E-state index >= 15 is 0 Å². The molecule has 5 rings (SSSR count). The highest BCUT2D eigenvalue weighted by molar-refractivity contribution is 6.00. The van der Waals surface area contributed by atoms with E-state index in [1.807, 2.05) is 36.7 Å². The van der Waals surface area contributed by atoms with E-state index in [0.717, 1.165) is 40.6 Å². The van der Waals surface area contributed by atoms with E-state index in [4.69, 9.17) is 21.0 Å². The molecular formula is C19H21N7O. The van der Waals surface area contributed by atoms with Crippen LogP contribution in [0, 0.1) is 5.92 Å². The van der Waals surface area contributed by atoms with Crippen molar-refractivity contribution in [1.82, 2.24) is 24.7 Å². The molecule has 1 aromatic carbocycles. The van der Waals surface area contributed by atoms with Crippen molar-refractivity contribution in [2.24, 2.45) is 5.92 Å². The van der Waals surface area contributed by atoms with Gasteiger partial charge in [0.05, 0.1) is 5.39 Å². The lowest BCUT2D eigenvalue weighted by molar-refractivity contribution is 0.514. The van der Waals surface area contributed by atoms with Crippen molar-refractivity contribution in [2.75, 3.05) is 11.5 Å². The Kier molecular flexibility index (Phi) is 3.37. The number of oxazole rings is 1. The third kappa shape index (κ3) is 2.68. The van der Waals surface area contributed by atoms with Gasteiger partial charge < -0.3 is 15.9 Å². The predicted octanol–water partition coefficient (Wildman–Crippen LogP) is 3.33. The van der Waals surface area contributed by atoms with Gasteiger partial charge in [0.2, 0.25) is 5.95 Å². The third-order valence-electron chi connectivity index (χ3n) is 4.95. The second-order valence-corrected chi connectivity index (χ2v) is 7.49. The molecule has 27 heavy (non-hydrogen) atoms. The summed E-state index contributed by atoms with van der Waals surface area (Å²) in [4.78, 5) is 13.1. The van der Waals surface area contributed by atoms with Crippen LogP contribution in [0.25, 0.3) is 33.4 Å². The van der Waals surface area contributed by atoms with Crippen LogP contribution in [-0.4, -0.2) is 24.7 Å². The fourth-order valence-corrected chi connectivity index (χ4v) is 3.42. The molecule has 8 nitrogen and oxygen atoms in total. The van der Waals surface area contributed by atoms with Crippen LogP contribution in [0.1, 0.15) is 38.6 Å². The van der Waals surface area contributed by atoms with Gasteiger partial charge in [-0.25, -0.2) is 9.67 Å². The Labute approximate surface area is 155 Å². The first kappa shape index (κ1) is 16.0. The predicted molar refractivity (Wildman–Crippen MR) is 104 cm³/mol. The molecule has 8 heteroatoms. The average molecular weight is 363 g/mol. The molecule has 0 unspecified atom stereocenters. The molecule has 0 bridgehead atoms. The normalized spacial score (nSPS) is 14.6. The minimum absolute atomic E-state index is 0.107. The number of nitrogens with two attached hydrogens (primary N) is 2. The Balaban J connectivity index is 1.68. The first-order valence-corrected chi connectivity index (χ1v) is 9.20. The van der Waals surface area contributed by atoms with Crippen LogP contribution in [0.15, 0.2) is 22.6 Å². The summed E-state index contributed by atoms with van der Waals surface area (Å²) in [5, 5.41) is 5.46. The SMILES string of the molecule is CC(C)n1nc(-c2ccc3oc(CC4CC4)nc3c2)c2c(N)nc(N)nc21. The average Bonchev–Trinajstić information content (AvgIpc) is 3.19. The van der Waals surface area contributed by atoms with E-state index in [2.05, 4.69) is 15.0 Å². The molecule has 0 spiro atoms. The van der Waals surface area contributed by atoms with E-state index in [9.17, 15) is 0 Å². The molecule has 1 aliphatic rings. The van der Waals surface area contributed by atoms with E-state index in [1.165, 1.54) is 12.8 Å². The van der Waals surface area contributed by atoms with Gasteiger partial charge in [-0.05, 0) is 50.8 Å². The molecule has 1 fully saturated rings. The molecule has 4 N–H and O–H groups in total. The highest BCUT2D eigenvalue weighted by Crippen LogP contribution is 2.35. The van der Waals surface area contributed by atoms with Gasteiger partial charge in [0.1, 0.15) is 17.0 Å². The Morgan fingerprint density at radius 3 is 2.74 bits per heavy atom. The maximum absolute atomic E-state index is 6.17. The van der Waals surface area contributed by atoms with E-state index in [0.29, 0.717) is 16.9 Å². The minimum Gasteiger partial charge on any atom is -0.441 e. The van der Waals surface area contributed by atoms with Crippen LogP contribution < -0.4 is 11.5 Å². The van der Waals surface area contributed by atoms with Crippen molar-refractivity contribution in [2.45, 2.75) is 39.2 Å². The zero-order chi connectivity index (χ0) is 18.7. The van der Waals surface area contributed by atoms with Crippen LogP contribution in [0.5, 0.6) is 0 Å². The number of nitrogens with zero attached hydrogens (tertiary/aromatic N) is 5. The number of aromatic nitrogens is 5. The number of fused-ring (bicyclic) bond motifs is 2. The van der Waals surface area contributed by atoms with Gasteiger partial charge in [-0.15, -0.1) is 0 Å². The van der Waals surface area contributed by atoms with Gasteiger partial charge in [-0.1, -0.05) is 0 Å². The Bertz CT molecular complexity index is 1170. The number of nitrogen functional groups attached to an aromatic ring is 2. The van der Waals surface area contributed by atoms with Crippen molar-refractivity contribution in [3.63, 3.8) is 0 Å². The zero-order valence-corrected chi connectivity index (χ0v) is 15.3. The lowest BCUT2D eigenvalue weighted by Crippen LogP contribution is -2.06. The molecule has 0 aliphatic heterocycles. The molecule has 0 radical (unpaired) electrons. The summed E-state index contributed by atoms with van der Waals surface area (Å²) in [7, 11) is 0. The van der Waals surface area contributed by atoms with Crippen LogP contribution in [0.3, 0.4) is 0 Å². The molecule has 1 saturated carbocycles. The summed E-state index contributed by atoms with van der Waals surface area (Å²) < 4.78 is 7.70. The molecule has 138 valence electrons. The lowest BCUT2D eigenvalue weighted by Gasteiger charge is -2.06. The second kappa shape index (κ2) is 5.67. The van der Waals surface area contributed by atoms with Crippen molar-refractivity contribution < 1.29 is 4.42 Å². The number of rotatable bonds is 4. The summed E-state index contributed by atoms with van der Waals surface area (Å²) >= 11 is 0. The van der Waals surface area contributed by atoms with Crippen molar-refractivity contribution in [1.29, 1.82) is 0 Å². The maximum Gasteiger partial charge on any atom is 0.224 e. The number of anilines is 2. The zero-order valence-electron chi connectivity index (χ0n) is 15.3. The lowest BCUT2D eigenvalue weighted by atomic mass is 10.1. The molecule has 0 amide bonds. The molecule has 0 atom stereocenters. The Morgan fingerprint density at radius 2 is 2.00 bits per heavy atom. The van der Waals surface area contributed by atoms with E-state index < -0.39 is 0 Å². The summed E-state index contributed by atoms with van der Waals surface area (Å²) in [6.45, 7) is 4.07. The van der Waals surface area contributed by atoms with Crippen molar-refractivity contribution in [3.05, 3.63) is 24.1 Å². The van der Waals surface area contributed by atoms with Gasteiger partial charge in [0.15, 0.2) is 17.1 Å². The second-order valence-electron chi connectivity index (χ2n) is 7.49. The van der Waals surface area contributed by atoms with Gasteiger partial charge in [-0.2, -0.15) is 15.1 Å².